The van der Waals surface area contributed by atoms with E-state index < -0.39 is 46.3 Å². The normalized spacial score (nSPS) is 12.5. The van der Waals surface area contributed by atoms with Gasteiger partial charge < -0.3 is 0 Å². The van der Waals surface area contributed by atoms with Gasteiger partial charge in [-0.15, -0.1) is 0 Å². The maximum Gasteiger partial charge on any atom is 0.416 e. The fraction of sp³-hybridized carbons (Fsp3) is 0.0526. The Morgan fingerprint density at radius 2 is 0.788 bits per heavy atom. The van der Waals surface area contributed by atoms with E-state index in [1.807, 2.05) is 0 Å². The molecule has 0 amide bonds. The third-order valence-corrected chi connectivity index (χ3v) is 8.62. The number of aromatic nitrogens is 2. The van der Waals surface area contributed by atoms with Gasteiger partial charge in [-0.3, -0.25) is 0 Å². The predicted molar refractivity (Wildman–Crippen MR) is 168 cm³/mol. The third kappa shape index (κ3) is 5.14. The molecule has 0 unspecified atom stereocenters. The number of alkyl halides is 6. The smallest absolute Gasteiger partial charge is 0.243 e. The van der Waals surface area contributed by atoms with Gasteiger partial charge >= 0.3 is 12.4 Å². The second-order valence-electron chi connectivity index (χ2n) is 11.5. The molecule has 6 nitrogen and oxygen atoms in total. The molecule has 2 aliphatic carbocycles. The quantitative estimate of drug-likeness (QED) is 0.131. The number of benzene rings is 4. The van der Waals surface area contributed by atoms with E-state index in [0.29, 0.717) is 24.3 Å². The maximum atomic E-state index is 15.0. The predicted octanol–water partition coefficient (Wildman–Crippen LogP) is 9.79. The molecule has 4 aromatic carbocycles. The van der Waals surface area contributed by atoms with E-state index in [1.165, 1.54) is 36.4 Å². The summed E-state index contributed by atoms with van der Waals surface area (Å²) in [6, 6.07) is 19.7. The fourth-order valence-corrected chi connectivity index (χ4v) is 6.30. The summed E-state index contributed by atoms with van der Waals surface area (Å²) < 4.78 is 109. The monoisotopic (exact) mass is 704 g/mol. The molecule has 0 radical (unpaired) electrons. The summed E-state index contributed by atoms with van der Waals surface area (Å²) in [5, 5.41) is 39.6. The second kappa shape index (κ2) is 11.7. The highest BCUT2D eigenvalue weighted by atomic mass is 19.4. The van der Waals surface area contributed by atoms with Crippen molar-refractivity contribution in [2.75, 3.05) is 0 Å². The zero-order chi connectivity index (χ0) is 37.3. The summed E-state index contributed by atoms with van der Waals surface area (Å²) in [4.78, 5) is 9.47. The van der Waals surface area contributed by atoms with Gasteiger partial charge in [0.15, 0.2) is 0 Å². The Balaban J connectivity index is 1.43. The lowest BCUT2D eigenvalue weighted by Crippen LogP contribution is -2.05. The highest BCUT2D eigenvalue weighted by molar-refractivity contribution is 6.07. The fourth-order valence-electron chi connectivity index (χ4n) is 6.30. The molecule has 250 valence electrons. The summed E-state index contributed by atoms with van der Waals surface area (Å²) in [5.41, 5.74) is -2.22. The number of hydrogen-bond donors (Lipinski definition) is 0. The van der Waals surface area contributed by atoms with E-state index >= 15 is 8.78 Å². The summed E-state index contributed by atoms with van der Waals surface area (Å²) in [6.45, 7) is 0. The summed E-state index contributed by atoms with van der Waals surface area (Å²) in [6.07, 6.45) is -9.58. The van der Waals surface area contributed by atoms with Crippen molar-refractivity contribution in [1.82, 2.24) is 9.97 Å². The van der Waals surface area contributed by atoms with Crippen LogP contribution in [0.15, 0.2) is 83.9 Å². The highest BCUT2D eigenvalue weighted by Crippen LogP contribution is 2.51. The van der Waals surface area contributed by atoms with Crippen molar-refractivity contribution in [3.8, 4) is 69.0 Å². The van der Waals surface area contributed by atoms with Crippen LogP contribution in [0.4, 0.5) is 35.1 Å². The van der Waals surface area contributed by atoms with Crippen molar-refractivity contribution in [1.29, 1.82) is 21.0 Å². The summed E-state index contributed by atoms with van der Waals surface area (Å²) in [5.74, 6) is -2.34. The van der Waals surface area contributed by atoms with Gasteiger partial charge in [0, 0.05) is 33.4 Å². The standard InChI is InChI=1S/C38H12F8N6/c39-29-11-21(37(41,42)43)3-7-23(29)17-1-5-25-27(9-17)31(19(13-47)14-48)35-33(25)51-36-32(20(15-49)16-50)28-10-18(2-6-26(28)34(36)52-35)24-8-4-22(12-30(24)40)38(44,45)46/h1-12H. The van der Waals surface area contributed by atoms with E-state index in [1.54, 1.807) is 24.3 Å². The molecule has 0 N–H and O–H groups in total. The van der Waals surface area contributed by atoms with Gasteiger partial charge in [-0.05, 0) is 58.7 Å². The van der Waals surface area contributed by atoms with Crippen LogP contribution in [0.5, 0.6) is 0 Å². The molecule has 1 heterocycles. The zero-order valence-corrected chi connectivity index (χ0v) is 25.6. The van der Waals surface area contributed by atoms with E-state index in [9.17, 15) is 47.4 Å². The zero-order valence-electron chi connectivity index (χ0n) is 25.6. The molecular weight excluding hydrogens is 692 g/mol. The van der Waals surface area contributed by atoms with Crippen molar-refractivity contribution >= 4 is 11.1 Å². The number of halogens is 8. The minimum Gasteiger partial charge on any atom is -0.243 e. The molecule has 0 atom stereocenters. The Labute approximate surface area is 287 Å². The molecule has 14 heteroatoms. The largest absolute Gasteiger partial charge is 0.416 e. The number of allylic oxidation sites excluding steroid dienone is 2. The lowest BCUT2D eigenvalue weighted by Gasteiger charge is -2.11. The van der Waals surface area contributed by atoms with E-state index in [-0.39, 0.29) is 78.4 Å². The van der Waals surface area contributed by atoms with Crippen LogP contribution < -0.4 is 0 Å². The Kier molecular flexibility index (Phi) is 7.52. The molecule has 5 aromatic rings. The van der Waals surface area contributed by atoms with Crippen LogP contribution in [-0.2, 0) is 12.4 Å². The molecule has 52 heavy (non-hydrogen) atoms. The lowest BCUT2D eigenvalue weighted by molar-refractivity contribution is -0.138. The highest BCUT2D eigenvalue weighted by Gasteiger charge is 2.38. The van der Waals surface area contributed by atoms with Crippen LogP contribution in [0.1, 0.15) is 33.6 Å². The lowest BCUT2D eigenvalue weighted by atomic mass is 9.95. The Bertz CT molecular complexity index is 2460. The van der Waals surface area contributed by atoms with Gasteiger partial charge in [-0.25, -0.2) is 18.7 Å². The van der Waals surface area contributed by atoms with Gasteiger partial charge in [0.05, 0.1) is 22.5 Å². The molecule has 0 saturated carbocycles. The number of rotatable bonds is 2. The minimum atomic E-state index is -4.79. The molecule has 1 aromatic heterocycles. The molecule has 0 spiro atoms. The van der Waals surface area contributed by atoms with Crippen molar-refractivity contribution in [3.63, 3.8) is 0 Å². The van der Waals surface area contributed by atoms with Crippen molar-refractivity contribution in [2.24, 2.45) is 0 Å². The first-order valence-electron chi connectivity index (χ1n) is 14.8. The van der Waals surface area contributed by atoms with Crippen LogP contribution in [0, 0.1) is 57.0 Å². The van der Waals surface area contributed by atoms with Crippen molar-refractivity contribution in [2.45, 2.75) is 12.4 Å². The third-order valence-electron chi connectivity index (χ3n) is 8.62. The number of nitrogens with zero attached hydrogens (tertiary/aromatic N) is 6. The van der Waals surface area contributed by atoms with Crippen LogP contribution >= 0.6 is 0 Å². The van der Waals surface area contributed by atoms with E-state index in [0.717, 1.165) is 12.1 Å². The van der Waals surface area contributed by atoms with Gasteiger partial charge in [-0.2, -0.15) is 47.4 Å². The Morgan fingerprint density at radius 1 is 0.442 bits per heavy atom. The Morgan fingerprint density at radius 3 is 1.10 bits per heavy atom. The molecular formula is C38H12F8N6. The van der Waals surface area contributed by atoms with Crippen LogP contribution in [0.2, 0.25) is 0 Å². The van der Waals surface area contributed by atoms with E-state index in [4.69, 9.17) is 9.97 Å². The van der Waals surface area contributed by atoms with Gasteiger partial charge in [-0.1, -0.05) is 36.4 Å². The minimum absolute atomic E-state index is 0.0114. The first kappa shape index (κ1) is 33.3. The van der Waals surface area contributed by atoms with Crippen molar-refractivity contribution < 1.29 is 35.1 Å². The molecule has 2 aliphatic rings. The average Bonchev–Trinajstić information content (AvgIpc) is 3.59. The van der Waals surface area contributed by atoms with Gasteiger partial charge in [0.2, 0.25) is 0 Å². The van der Waals surface area contributed by atoms with Gasteiger partial charge in [0.25, 0.3) is 0 Å². The summed E-state index contributed by atoms with van der Waals surface area (Å²) >= 11 is 0. The average molecular weight is 705 g/mol. The Hall–Kier alpha value is -7.16. The second-order valence-corrected chi connectivity index (χ2v) is 11.5. The van der Waals surface area contributed by atoms with Crippen LogP contribution in [0.25, 0.3) is 55.9 Å². The number of nitriles is 4. The van der Waals surface area contributed by atoms with Crippen molar-refractivity contribution in [3.05, 3.63) is 129 Å². The van der Waals surface area contributed by atoms with E-state index in [2.05, 4.69) is 0 Å². The molecule has 7 rings (SSSR count). The van der Waals surface area contributed by atoms with Gasteiger partial charge in [0.1, 0.15) is 58.4 Å². The summed E-state index contributed by atoms with van der Waals surface area (Å²) in [7, 11) is 0. The first-order chi connectivity index (χ1) is 24.7. The molecule has 0 fully saturated rings. The maximum absolute atomic E-state index is 15.0. The molecule has 0 bridgehead atoms. The number of fused-ring (bicyclic) bond motifs is 6. The SMILES string of the molecule is N#CC(C#N)=C1c2cc(-c3ccc(C(F)(F)F)cc3F)ccc2-c2nc3c(nc21)-c1ccc(-c2ccc(C(F)(F)F)cc2F)cc1C3=C(C#N)C#N. The first-order valence-corrected chi connectivity index (χ1v) is 14.8. The topological polar surface area (TPSA) is 121 Å². The van der Waals surface area contributed by atoms with Crippen LogP contribution in [-0.4, -0.2) is 9.97 Å². The molecule has 0 saturated heterocycles. The van der Waals surface area contributed by atoms with Crippen LogP contribution in [0.3, 0.4) is 0 Å². The number of hydrogen-bond acceptors (Lipinski definition) is 6. The molecule has 0 aliphatic heterocycles.